The third-order valence-electron chi connectivity index (χ3n) is 3.90. The topological polar surface area (TPSA) is 21.3 Å². The molecule has 0 radical (unpaired) electrons. The molecular weight excluding hydrogens is 174 g/mol. The maximum Gasteiger partial charge on any atom is 0.0724 e. The van der Waals surface area contributed by atoms with Gasteiger partial charge in [0, 0.05) is 19.2 Å². The lowest BCUT2D eigenvalue weighted by molar-refractivity contribution is 0.0813. The Morgan fingerprint density at radius 3 is 2.64 bits per heavy atom. The first-order valence-corrected chi connectivity index (χ1v) is 6.08. The highest BCUT2D eigenvalue weighted by Crippen LogP contribution is 2.28. The second-order valence-corrected chi connectivity index (χ2v) is 5.09. The first kappa shape index (κ1) is 10.4. The molecular formula is C12H23NO. The Bertz CT molecular complexity index is 183. The van der Waals surface area contributed by atoms with Gasteiger partial charge in [-0.05, 0) is 44.4 Å². The summed E-state index contributed by atoms with van der Waals surface area (Å²) in [4.78, 5) is 0. The minimum absolute atomic E-state index is 0.478. The summed E-state index contributed by atoms with van der Waals surface area (Å²) in [7, 11) is 1.85. The number of methoxy groups -OCH3 is 1. The lowest BCUT2D eigenvalue weighted by Crippen LogP contribution is -2.42. The van der Waals surface area contributed by atoms with Gasteiger partial charge < -0.3 is 10.1 Å². The summed E-state index contributed by atoms with van der Waals surface area (Å²) in [6.45, 7) is 2.37. The van der Waals surface area contributed by atoms with Gasteiger partial charge in [0.05, 0.1) is 6.10 Å². The van der Waals surface area contributed by atoms with Crippen LogP contribution in [0.1, 0.15) is 45.4 Å². The van der Waals surface area contributed by atoms with Crippen molar-refractivity contribution in [2.24, 2.45) is 5.92 Å². The molecule has 2 saturated carbocycles. The van der Waals surface area contributed by atoms with Crippen LogP contribution in [0.15, 0.2) is 0 Å². The monoisotopic (exact) mass is 197 g/mol. The van der Waals surface area contributed by atoms with Crippen LogP contribution in [0.2, 0.25) is 0 Å². The molecule has 0 heterocycles. The number of ether oxygens (including phenoxy) is 1. The van der Waals surface area contributed by atoms with Crippen molar-refractivity contribution in [2.45, 2.75) is 63.6 Å². The van der Waals surface area contributed by atoms with E-state index in [-0.39, 0.29) is 0 Å². The van der Waals surface area contributed by atoms with Crippen molar-refractivity contribution in [1.29, 1.82) is 0 Å². The van der Waals surface area contributed by atoms with E-state index in [1.807, 2.05) is 7.11 Å². The minimum atomic E-state index is 0.478. The van der Waals surface area contributed by atoms with Crippen molar-refractivity contribution in [3.63, 3.8) is 0 Å². The zero-order valence-electron chi connectivity index (χ0n) is 9.46. The van der Waals surface area contributed by atoms with E-state index in [4.69, 9.17) is 4.74 Å². The van der Waals surface area contributed by atoms with Gasteiger partial charge in [-0.25, -0.2) is 0 Å². The van der Waals surface area contributed by atoms with Crippen LogP contribution in [0.5, 0.6) is 0 Å². The van der Waals surface area contributed by atoms with E-state index in [1.165, 1.54) is 38.5 Å². The highest BCUT2D eigenvalue weighted by molar-refractivity contribution is 4.89. The molecule has 4 atom stereocenters. The van der Waals surface area contributed by atoms with Gasteiger partial charge in [0.25, 0.3) is 0 Å². The molecule has 2 rings (SSSR count). The van der Waals surface area contributed by atoms with E-state index >= 15 is 0 Å². The molecule has 0 aromatic carbocycles. The molecule has 0 bridgehead atoms. The van der Waals surface area contributed by atoms with Gasteiger partial charge in [0.1, 0.15) is 0 Å². The van der Waals surface area contributed by atoms with E-state index in [1.54, 1.807) is 0 Å². The molecule has 0 amide bonds. The maximum atomic E-state index is 5.50. The first-order valence-electron chi connectivity index (χ1n) is 6.08. The van der Waals surface area contributed by atoms with Crippen molar-refractivity contribution in [3.8, 4) is 0 Å². The van der Waals surface area contributed by atoms with Crippen molar-refractivity contribution in [2.75, 3.05) is 7.11 Å². The van der Waals surface area contributed by atoms with Gasteiger partial charge in [0.2, 0.25) is 0 Å². The van der Waals surface area contributed by atoms with E-state index in [0.29, 0.717) is 12.1 Å². The van der Waals surface area contributed by atoms with Crippen LogP contribution in [0.25, 0.3) is 0 Å². The third-order valence-corrected chi connectivity index (χ3v) is 3.90. The largest absolute Gasteiger partial charge is 0.380 e. The van der Waals surface area contributed by atoms with Crippen molar-refractivity contribution in [3.05, 3.63) is 0 Å². The van der Waals surface area contributed by atoms with Crippen molar-refractivity contribution >= 4 is 0 Å². The van der Waals surface area contributed by atoms with Crippen molar-refractivity contribution in [1.82, 2.24) is 5.32 Å². The molecule has 2 nitrogen and oxygen atoms in total. The number of hydrogen-bond donors (Lipinski definition) is 1. The smallest absolute Gasteiger partial charge is 0.0724 e. The van der Waals surface area contributed by atoms with Gasteiger partial charge in [-0.15, -0.1) is 0 Å². The molecule has 0 aromatic heterocycles. The van der Waals surface area contributed by atoms with E-state index < -0.39 is 0 Å². The quantitative estimate of drug-likeness (QED) is 0.750. The summed E-state index contributed by atoms with van der Waals surface area (Å²) < 4.78 is 5.50. The molecule has 2 aliphatic rings. The summed E-state index contributed by atoms with van der Waals surface area (Å²) in [5.74, 6) is 0.926. The lowest BCUT2D eigenvalue weighted by atomic mass is 10.1. The van der Waals surface area contributed by atoms with Crippen LogP contribution in [0.4, 0.5) is 0 Å². The Labute approximate surface area is 87.4 Å². The summed E-state index contributed by atoms with van der Waals surface area (Å²) >= 11 is 0. The Morgan fingerprint density at radius 2 is 2.00 bits per heavy atom. The summed E-state index contributed by atoms with van der Waals surface area (Å²) in [6.07, 6.45) is 8.51. The third kappa shape index (κ3) is 2.29. The van der Waals surface area contributed by atoms with Gasteiger partial charge in [-0.3, -0.25) is 0 Å². The molecule has 0 spiro atoms. The van der Waals surface area contributed by atoms with Crippen LogP contribution in [-0.4, -0.2) is 25.3 Å². The van der Waals surface area contributed by atoms with Crippen LogP contribution in [-0.2, 0) is 4.74 Å². The Balaban J connectivity index is 1.79. The number of rotatable bonds is 3. The fraction of sp³-hybridized carbons (Fsp3) is 1.00. The van der Waals surface area contributed by atoms with Gasteiger partial charge in [0.15, 0.2) is 0 Å². The maximum absolute atomic E-state index is 5.50. The second-order valence-electron chi connectivity index (χ2n) is 5.09. The van der Waals surface area contributed by atoms with Crippen LogP contribution < -0.4 is 5.32 Å². The summed E-state index contributed by atoms with van der Waals surface area (Å²) in [5.41, 5.74) is 0. The second kappa shape index (κ2) is 4.63. The fourth-order valence-corrected chi connectivity index (χ4v) is 3.06. The number of hydrogen-bond acceptors (Lipinski definition) is 2. The lowest BCUT2D eigenvalue weighted by Gasteiger charge is -2.23. The van der Waals surface area contributed by atoms with Gasteiger partial charge >= 0.3 is 0 Å². The van der Waals surface area contributed by atoms with Crippen LogP contribution in [0, 0.1) is 5.92 Å². The van der Waals surface area contributed by atoms with Gasteiger partial charge in [-0.2, -0.15) is 0 Å². The number of nitrogens with one attached hydrogen (secondary N) is 1. The summed E-state index contributed by atoms with van der Waals surface area (Å²) in [6, 6.07) is 1.40. The normalized spacial score (nSPS) is 43.3. The highest BCUT2D eigenvalue weighted by Gasteiger charge is 2.30. The molecule has 0 saturated heterocycles. The van der Waals surface area contributed by atoms with Crippen molar-refractivity contribution < 1.29 is 4.74 Å². The first-order chi connectivity index (χ1) is 6.79. The van der Waals surface area contributed by atoms with Crippen LogP contribution >= 0.6 is 0 Å². The zero-order chi connectivity index (χ0) is 9.97. The Hall–Kier alpha value is -0.0800. The zero-order valence-corrected chi connectivity index (χ0v) is 9.46. The minimum Gasteiger partial charge on any atom is -0.380 e. The predicted octanol–water partition coefficient (Wildman–Crippen LogP) is 2.33. The predicted molar refractivity (Wildman–Crippen MR) is 58.4 cm³/mol. The molecule has 2 fully saturated rings. The molecule has 2 aliphatic carbocycles. The molecule has 14 heavy (non-hydrogen) atoms. The average Bonchev–Trinajstić information content (AvgIpc) is 2.76. The van der Waals surface area contributed by atoms with Gasteiger partial charge in [-0.1, -0.05) is 6.92 Å². The van der Waals surface area contributed by atoms with E-state index in [0.717, 1.165) is 12.0 Å². The van der Waals surface area contributed by atoms with E-state index in [2.05, 4.69) is 12.2 Å². The average molecular weight is 197 g/mol. The summed E-state index contributed by atoms with van der Waals surface area (Å²) in [5, 5.41) is 3.78. The van der Waals surface area contributed by atoms with Crippen LogP contribution in [0.3, 0.4) is 0 Å². The Morgan fingerprint density at radius 1 is 1.14 bits per heavy atom. The molecule has 1 N–H and O–H groups in total. The Kier molecular flexibility index (Phi) is 3.45. The SMILES string of the molecule is COC1CCCC1NC1CCC(C)C1. The van der Waals surface area contributed by atoms with E-state index in [9.17, 15) is 0 Å². The molecule has 0 aromatic rings. The highest BCUT2D eigenvalue weighted by atomic mass is 16.5. The molecule has 2 heteroatoms. The molecule has 82 valence electrons. The molecule has 4 unspecified atom stereocenters. The molecule has 0 aliphatic heterocycles. The fourth-order valence-electron chi connectivity index (χ4n) is 3.06. The standard InChI is InChI=1S/C12H23NO/c1-9-6-7-10(8-9)13-11-4-3-5-12(11)14-2/h9-13H,3-8H2,1-2H3.